The molecule has 0 aromatic heterocycles. The van der Waals surface area contributed by atoms with Crippen molar-refractivity contribution in [2.45, 2.75) is 69.8 Å². The van der Waals surface area contributed by atoms with E-state index in [0.717, 1.165) is 110 Å². The summed E-state index contributed by atoms with van der Waals surface area (Å²) in [5, 5.41) is 0. The van der Waals surface area contributed by atoms with Crippen LogP contribution in [-0.2, 0) is 10.3 Å². The number of fused-ring (bicyclic) bond motifs is 1. The van der Waals surface area contributed by atoms with Crippen molar-refractivity contribution in [3.05, 3.63) is 161 Å². The van der Waals surface area contributed by atoms with Crippen LogP contribution in [0.25, 0.3) is 11.1 Å². The van der Waals surface area contributed by atoms with Crippen molar-refractivity contribution in [2.75, 3.05) is 89.9 Å². The van der Waals surface area contributed by atoms with Crippen molar-refractivity contribution in [3.8, 4) is 0 Å². The lowest BCUT2D eigenvalue weighted by atomic mass is 9.82. The zero-order valence-electron chi connectivity index (χ0n) is 36.8. The summed E-state index contributed by atoms with van der Waals surface area (Å²) in [6.45, 7) is 10.8. The highest BCUT2D eigenvalue weighted by Crippen LogP contribution is 2.47. The van der Waals surface area contributed by atoms with E-state index in [4.69, 9.17) is 4.74 Å². The van der Waals surface area contributed by atoms with Crippen LogP contribution < -0.4 is 24.5 Å². The lowest BCUT2D eigenvalue weighted by molar-refractivity contribution is 0.0299. The third kappa shape index (κ3) is 8.00. The highest BCUT2D eigenvalue weighted by atomic mass is 16.6. The molecule has 5 saturated heterocycles. The van der Waals surface area contributed by atoms with E-state index in [1.807, 2.05) is 6.07 Å². The zero-order chi connectivity index (χ0) is 42.2. The lowest BCUT2D eigenvalue weighted by Gasteiger charge is -2.28. The molecule has 0 aliphatic carbocycles. The number of hydrogen-bond acceptors (Lipinski definition) is 7. The first-order chi connectivity index (χ1) is 31.1. The van der Waals surface area contributed by atoms with E-state index < -0.39 is 5.60 Å². The summed E-state index contributed by atoms with van der Waals surface area (Å²) in [7, 11) is 0. The van der Waals surface area contributed by atoms with Gasteiger partial charge in [-0.25, -0.2) is 4.79 Å². The van der Waals surface area contributed by atoms with Crippen LogP contribution >= 0.6 is 0 Å². The van der Waals surface area contributed by atoms with E-state index >= 15 is 0 Å². The van der Waals surface area contributed by atoms with Crippen molar-refractivity contribution in [1.29, 1.82) is 0 Å². The molecule has 11 rings (SSSR count). The molecule has 0 unspecified atom stereocenters. The van der Waals surface area contributed by atoms with Crippen molar-refractivity contribution in [1.82, 2.24) is 0 Å². The van der Waals surface area contributed by atoms with Gasteiger partial charge in [0, 0.05) is 99.4 Å². The monoisotopic (exact) mass is 835 g/mol. The smallest absolute Gasteiger partial charge is 0.340 e. The van der Waals surface area contributed by atoms with Gasteiger partial charge >= 0.3 is 5.97 Å². The number of benzene rings is 5. The fourth-order valence-corrected chi connectivity index (χ4v) is 11.1. The summed E-state index contributed by atoms with van der Waals surface area (Å²) in [6, 6.07) is 42.9. The molecular formula is C56H61N5O2. The second-order valence-electron chi connectivity index (χ2n) is 18.7. The van der Waals surface area contributed by atoms with Crippen LogP contribution in [0.5, 0.6) is 0 Å². The minimum atomic E-state index is -1.21. The molecule has 322 valence electrons. The van der Waals surface area contributed by atoms with Gasteiger partial charge in [-0.05, 0) is 176 Å². The Labute approximate surface area is 374 Å². The van der Waals surface area contributed by atoms with Gasteiger partial charge in [0.15, 0.2) is 5.60 Å². The first kappa shape index (κ1) is 39.9. The predicted octanol–water partition coefficient (Wildman–Crippen LogP) is 11.3. The molecular weight excluding hydrogens is 775 g/mol. The highest BCUT2D eigenvalue weighted by molar-refractivity contribution is 5.98. The molecule has 0 spiro atoms. The summed E-state index contributed by atoms with van der Waals surface area (Å²) in [5.41, 5.74) is 13.0. The van der Waals surface area contributed by atoms with E-state index in [9.17, 15) is 4.79 Å². The van der Waals surface area contributed by atoms with Crippen LogP contribution in [-0.4, -0.2) is 71.4 Å². The predicted molar refractivity (Wildman–Crippen MR) is 261 cm³/mol. The van der Waals surface area contributed by atoms with Crippen LogP contribution in [0.4, 0.5) is 28.4 Å². The Hall–Kier alpha value is -5.95. The van der Waals surface area contributed by atoms with Gasteiger partial charge in [0.05, 0.1) is 5.56 Å². The number of carbonyl (C=O) groups is 1. The van der Waals surface area contributed by atoms with Gasteiger partial charge in [0.2, 0.25) is 0 Å². The van der Waals surface area contributed by atoms with Gasteiger partial charge in [-0.2, -0.15) is 0 Å². The minimum absolute atomic E-state index is 0.285. The summed E-state index contributed by atoms with van der Waals surface area (Å²) in [6.07, 6.45) is 16.8. The normalized spacial score (nSPS) is 19.2. The Balaban J connectivity index is 1.12. The van der Waals surface area contributed by atoms with Gasteiger partial charge in [0.25, 0.3) is 0 Å². The number of carbonyl (C=O) groups excluding carboxylic acids is 1. The molecule has 63 heavy (non-hydrogen) atoms. The summed E-state index contributed by atoms with van der Waals surface area (Å²) < 4.78 is 6.96. The fraction of sp³-hybridized carbons (Fsp3) is 0.375. The van der Waals surface area contributed by atoms with Gasteiger partial charge in [-0.15, -0.1) is 0 Å². The molecule has 0 amide bonds. The number of nitrogens with zero attached hydrogens (tertiary/aromatic N) is 5. The molecule has 6 aliphatic rings. The Morgan fingerprint density at radius 1 is 0.381 bits per heavy atom. The lowest BCUT2D eigenvalue weighted by Crippen LogP contribution is -2.24. The van der Waals surface area contributed by atoms with Crippen LogP contribution in [0.3, 0.4) is 0 Å². The number of hydrogen-bond donors (Lipinski definition) is 0. The molecule has 6 aliphatic heterocycles. The van der Waals surface area contributed by atoms with Crippen LogP contribution in [0.1, 0.15) is 102 Å². The first-order valence-electron chi connectivity index (χ1n) is 24.1. The second kappa shape index (κ2) is 17.3. The van der Waals surface area contributed by atoms with Crippen molar-refractivity contribution >= 4 is 45.6 Å². The third-order valence-corrected chi connectivity index (χ3v) is 14.7. The number of anilines is 5. The number of esters is 1. The Kier molecular flexibility index (Phi) is 11.0. The van der Waals surface area contributed by atoms with Crippen LogP contribution in [0.2, 0.25) is 0 Å². The molecule has 6 heterocycles. The standard InChI is InChI=1S/C56H61N5O2/c62-55-51-28-27-50(61-37-9-10-38-61)39-54(51)56(63-55,40-52(42-11-19-46(20-12-42)57-29-1-2-30-57)43-13-21-47(22-14-43)58-31-3-4-32-58)41-53(44-15-23-48(24-16-44)59-33-5-6-34-59)45-17-25-49(26-18-45)60-35-7-8-36-60/h11-28,39-41H,1-10,29-38H2. The number of ether oxygens (including phenoxy) is 1. The molecule has 5 aromatic carbocycles. The molecule has 0 atom stereocenters. The summed E-state index contributed by atoms with van der Waals surface area (Å²) in [5.74, 6) is -0.285. The van der Waals surface area contributed by atoms with Gasteiger partial charge < -0.3 is 29.2 Å². The Morgan fingerprint density at radius 2 is 0.651 bits per heavy atom. The molecule has 7 heteroatoms. The van der Waals surface area contributed by atoms with Crippen LogP contribution in [0, 0.1) is 0 Å². The Bertz CT molecular complexity index is 2200. The van der Waals surface area contributed by atoms with E-state index in [1.165, 1.54) is 87.0 Å². The maximum absolute atomic E-state index is 14.5. The molecule has 5 aromatic rings. The zero-order valence-corrected chi connectivity index (χ0v) is 36.8. The molecule has 0 bridgehead atoms. The average Bonchev–Trinajstić information content (AvgIpc) is 4.20. The summed E-state index contributed by atoms with van der Waals surface area (Å²) >= 11 is 0. The third-order valence-electron chi connectivity index (χ3n) is 14.7. The SMILES string of the molecule is O=C1OC(C=C(c2ccc(N3CCCC3)cc2)c2ccc(N3CCCC3)cc2)(C=C(c2ccc(N3CCCC3)cc2)c2ccc(N3CCCC3)cc2)c2cc(N3CCCC3)ccc21. The van der Waals surface area contributed by atoms with Crippen molar-refractivity contribution in [2.24, 2.45) is 0 Å². The average molecular weight is 836 g/mol. The molecule has 0 saturated carbocycles. The Morgan fingerprint density at radius 3 is 0.952 bits per heavy atom. The maximum atomic E-state index is 14.5. The fourth-order valence-electron chi connectivity index (χ4n) is 11.1. The van der Waals surface area contributed by atoms with E-state index in [0.29, 0.717) is 5.56 Å². The second-order valence-corrected chi connectivity index (χ2v) is 18.7. The van der Waals surface area contributed by atoms with Crippen molar-refractivity contribution in [3.63, 3.8) is 0 Å². The molecule has 7 nitrogen and oxygen atoms in total. The van der Waals surface area contributed by atoms with E-state index in [1.54, 1.807) is 0 Å². The number of cyclic esters (lactones) is 1. The van der Waals surface area contributed by atoms with Crippen molar-refractivity contribution < 1.29 is 9.53 Å². The van der Waals surface area contributed by atoms with Gasteiger partial charge in [-0.3, -0.25) is 0 Å². The van der Waals surface area contributed by atoms with E-state index in [2.05, 4.69) is 146 Å². The minimum Gasteiger partial charge on any atom is -0.442 e. The highest BCUT2D eigenvalue weighted by Gasteiger charge is 2.44. The molecule has 0 radical (unpaired) electrons. The van der Waals surface area contributed by atoms with E-state index in [-0.39, 0.29) is 5.97 Å². The molecule has 0 N–H and O–H groups in total. The maximum Gasteiger partial charge on any atom is 0.340 e. The topological polar surface area (TPSA) is 42.5 Å². The first-order valence-corrected chi connectivity index (χ1v) is 24.1. The number of rotatable bonds is 11. The molecule has 5 fully saturated rings. The van der Waals surface area contributed by atoms with Gasteiger partial charge in [0.1, 0.15) is 0 Å². The summed E-state index contributed by atoms with van der Waals surface area (Å²) in [4.78, 5) is 26.9. The largest absolute Gasteiger partial charge is 0.442 e. The van der Waals surface area contributed by atoms with Crippen LogP contribution in [0.15, 0.2) is 127 Å². The van der Waals surface area contributed by atoms with Gasteiger partial charge in [-0.1, -0.05) is 48.5 Å². The quantitative estimate of drug-likeness (QED) is 0.123.